The fourth-order valence-corrected chi connectivity index (χ4v) is 3.05. The lowest BCUT2D eigenvalue weighted by Crippen LogP contribution is -2.36. The Morgan fingerprint density at radius 1 is 0.955 bits per heavy atom. The Balaban J connectivity index is 1.53. The minimum Gasteiger partial charge on any atom is -0.379 e. The average molecular weight is 316 g/mol. The van der Waals surface area contributed by atoms with Crippen LogP contribution in [0.2, 0.25) is 5.02 Å². The van der Waals surface area contributed by atoms with Crippen molar-refractivity contribution in [2.24, 2.45) is 0 Å². The van der Waals surface area contributed by atoms with Gasteiger partial charge in [-0.1, -0.05) is 48.0 Å². The van der Waals surface area contributed by atoms with Gasteiger partial charge < -0.3 is 4.74 Å². The van der Waals surface area contributed by atoms with Gasteiger partial charge in [0.15, 0.2) is 0 Å². The van der Waals surface area contributed by atoms with E-state index in [2.05, 4.69) is 35.2 Å². The molecule has 2 aromatic carbocycles. The minimum atomic E-state index is 0.784. The van der Waals surface area contributed by atoms with Gasteiger partial charge in [-0.05, 0) is 48.2 Å². The lowest BCUT2D eigenvalue weighted by molar-refractivity contribution is 0.0375. The summed E-state index contributed by atoms with van der Waals surface area (Å²) in [5.41, 5.74) is 3.80. The summed E-state index contributed by atoms with van der Waals surface area (Å²) >= 11 is 6.05. The normalized spacial score (nSPS) is 15.9. The molecule has 0 aliphatic carbocycles. The van der Waals surface area contributed by atoms with Crippen LogP contribution in [0.3, 0.4) is 0 Å². The second kappa shape index (κ2) is 7.77. The van der Waals surface area contributed by atoms with Gasteiger partial charge in [0.05, 0.1) is 13.2 Å². The summed E-state index contributed by atoms with van der Waals surface area (Å²) in [5, 5.41) is 0.784. The molecule has 0 bridgehead atoms. The highest BCUT2D eigenvalue weighted by atomic mass is 35.5. The van der Waals surface area contributed by atoms with E-state index in [1.165, 1.54) is 29.7 Å². The molecule has 0 amide bonds. The molecule has 1 fully saturated rings. The molecule has 116 valence electrons. The van der Waals surface area contributed by atoms with Crippen LogP contribution in [0.25, 0.3) is 11.1 Å². The molecule has 0 saturated carbocycles. The zero-order valence-electron chi connectivity index (χ0n) is 12.8. The summed E-state index contributed by atoms with van der Waals surface area (Å²) in [5.74, 6) is 0. The van der Waals surface area contributed by atoms with Gasteiger partial charge in [-0.3, -0.25) is 4.90 Å². The van der Waals surface area contributed by atoms with Gasteiger partial charge in [-0.15, -0.1) is 0 Å². The van der Waals surface area contributed by atoms with E-state index in [1.807, 2.05) is 18.2 Å². The van der Waals surface area contributed by atoms with Crippen LogP contribution < -0.4 is 0 Å². The second-order valence-electron chi connectivity index (χ2n) is 5.76. The Labute approximate surface area is 137 Å². The first-order chi connectivity index (χ1) is 10.8. The molecular weight excluding hydrogens is 294 g/mol. The van der Waals surface area contributed by atoms with Crippen molar-refractivity contribution in [3.05, 3.63) is 59.1 Å². The third-order valence-electron chi connectivity index (χ3n) is 4.16. The van der Waals surface area contributed by atoms with Crippen molar-refractivity contribution in [1.29, 1.82) is 0 Å². The predicted molar refractivity (Wildman–Crippen MR) is 92.5 cm³/mol. The fraction of sp³-hybridized carbons (Fsp3) is 0.368. The highest BCUT2D eigenvalue weighted by Gasteiger charge is 2.09. The molecule has 22 heavy (non-hydrogen) atoms. The number of aryl methyl sites for hydroxylation is 1. The van der Waals surface area contributed by atoms with Crippen LogP contribution in [0.1, 0.15) is 12.0 Å². The third-order valence-corrected chi connectivity index (χ3v) is 4.39. The lowest BCUT2D eigenvalue weighted by atomic mass is 10.0. The smallest absolute Gasteiger partial charge is 0.0594 e. The maximum Gasteiger partial charge on any atom is 0.0594 e. The maximum atomic E-state index is 6.05. The van der Waals surface area contributed by atoms with E-state index in [4.69, 9.17) is 16.3 Å². The molecule has 0 aromatic heterocycles. The first-order valence-electron chi connectivity index (χ1n) is 7.96. The Morgan fingerprint density at radius 3 is 2.45 bits per heavy atom. The number of morpholine rings is 1. The van der Waals surface area contributed by atoms with E-state index in [1.54, 1.807) is 0 Å². The van der Waals surface area contributed by atoms with E-state index in [-0.39, 0.29) is 0 Å². The molecule has 1 saturated heterocycles. The van der Waals surface area contributed by atoms with E-state index >= 15 is 0 Å². The molecule has 0 radical (unpaired) electrons. The molecule has 0 atom stereocenters. The van der Waals surface area contributed by atoms with Crippen molar-refractivity contribution in [2.45, 2.75) is 12.8 Å². The fourth-order valence-electron chi connectivity index (χ4n) is 2.86. The van der Waals surface area contributed by atoms with Crippen molar-refractivity contribution < 1.29 is 4.74 Å². The molecule has 3 heteroatoms. The molecule has 2 aromatic rings. The number of rotatable bonds is 5. The number of hydrogen-bond donors (Lipinski definition) is 0. The van der Waals surface area contributed by atoms with Crippen molar-refractivity contribution in [2.75, 3.05) is 32.8 Å². The summed E-state index contributed by atoms with van der Waals surface area (Å²) in [6, 6.07) is 16.9. The SMILES string of the molecule is Clc1cccc(-c2ccc(CCCN3CCOCC3)cc2)c1. The summed E-state index contributed by atoms with van der Waals surface area (Å²) in [4.78, 5) is 2.49. The van der Waals surface area contributed by atoms with Crippen LogP contribution in [0.15, 0.2) is 48.5 Å². The van der Waals surface area contributed by atoms with Crippen molar-refractivity contribution in [3.63, 3.8) is 0 Å². The quantitative estimate of drug-likeness (QED) is 0.817. The van der Waals surface area contributed by atoms with Gasteiger partial charge >= 0.3 is 0 Å². The van der Waals surface area contributed by atoms with Crippen LogP contribution in [0, 0.1) is 0 Å². The van der Waals surface area contributed by atoms with Crippen LogP contribution in [0.5, 0.6) is 0 Å². The molecule has 0 spiro atoms. The van der Waals surface area contributed by atoms with Gasteiger partial charge in [-0.2, -0.15) is 0 Å². The van der Waals surface area contributed by atoms with Crippen molar-refractivity contribution in [1.82, 2.24) is 4.90 Å². The molecular formula is C19H22ClNO. The van der Waals surface area contributed by atoms with Crippen LogP contribution in [-0.4, -0.2) is 37.7 Å². The van der Waals surface area contributed by atoms with E-state index in [9.17, 15) is 0 Å². The number of nitrogens with zero attached hydrogens (tertiary/aromatic N) is 1. The van der Waals surface area contributed by atoms with Crippen molar-refractivity contribution >= 4 is 11.6 Å². The standard InChI is InChI=1S/C19H22ClNO/c20-19-5-1-4-18(15-19)17-8-6-16(7-9-17)3-2-10-21-11-13-22-14-12-21/h1,4-9,15H,2-3,10-14H2. The highest BCUT2D eigenvalue weighted by Crippen LogP contribution is 2.23. The van der Waals surface area contributed by atoms with E-state index in [0.717, 1.165) is 37.7 Å². The van der Waals surface area contributed by atoms with Crippen LogP contribution in [0.4, 0.5) is 0 Å². The predicted octanol–water partition coefficient (Wildman–Crippen LogP) is 4.27. The maximum absolute atomic E-state index is 6.05. The molecule has 2 nitrogen and oxygen atoms in total. The Hall–Kier alpha value is -1.35. The number of halogens is 1. The largest absolute Gasteiger partial charge is 0.379 e. The number of benzene rings is 2. The molecule has 0 N–H and O–H groups in total. The zero-order chi connectivity index (χ0) is 15.2. The Kier molecular flexibility index (Phi) is 5.49. The third kappa shape index (κ3) is 4.33. The van der Waals surface area contributed by atoms with Crippen molar-refractivity contribution in [3.8, 4) is 11.1 Å². The topological polar surface area (TPSA) is 12.5 Å². The summed E-state index contributed by atoms with van der Waals surface area (Å²) in [6.07, 6.45) is 2.34. The van der Waals surface area contributed by atoms with E-state index in [0.29, 0.717) is 0 Å². The average Bonchev–Trinajstić information content (AvgIpc) is 2.56. The zero-order valence-corrected chi connectivity index (χ0v) is 13.6. The summed E-state index contributed by atoms with van der Waals surface area (Å²) < 4.78 is 5.38. The first kappa shape index (κ1) is 15.5. The Morgan fingerprint density at radius 2 is 1.73 bits per heavy atom. The van der Waals surface area contributed by atoms with Gasteiger partial charge in [0.1, 0.15) is 0 Å². The van der Waals surface area contributed by atoms with Crippen LogP contribution in [-0.2, 0) is 11.2 Å². The molecule has 1 aliphatic rings. The number of hydrogen-bond acceptors (Lipinski definition) is 2. The van der Waals surface area contributed by atoms with Gasteiger partial charge in [0.2, 0.25) is 0 Å². The molecule has 1 heterocycles. The van der Waals surface area contributed by atoms with Gasteiger partial charge in [0, 0.05) is 18.1 Å². The summed E-state index contributed by atoms with van der Waals surface area (Å²) in [7, 11) is 0. The van der Waals surface area contributed by atoms with Crippen LogP contribution >= 0.6 is 11.6 Å². The molecule has 0 unspecified atom stereocenters. The molecule has 3 rings (SSSR count). The Bertz CT molecular complexity index is 591. The second-order valence-corrected chi connectivity index (χ2v) is 6.20. The lowest BCUT2D eigenvalue weighted by Gasteiger charge is -2.26. The minimum absolute atomic E-state index is 0.784. The van der Waals surface area contributed by atoms with Gasteiger partial charge in [-0.25, -0.2) is 0 Å². The van der Waals surface area contributed by atoms with E-state index < -0.39 is 0 Å². The molecule has 1 aliphatic heterocycles. The first-order valence-corrected chi connectivity index (χ1v) is 8.34. The monoisotopic (exact) mass is 315 g/mol. The van der Waals surface area contributed by atoms with Gasteiger partial charge in [0.25, 0.3) is 0 Å². The highest BCUT2D eigenvalue weighted by molar-refractivity contribution is 6.30. The summed E-state index contributed by atoms with van der Waals surface area (Å²) in [6.45, 7) is 5.09. The number of ether oxygens (including phenoxy) is 1.